The Bertz CT molecular complexity index is 1400. The number of aromatic nitrogens is 3. The van der Waals surface area contributed by atoms with E-state index in [1.54, 1.807) is 21.7 Å². The van der Waals surface area contributed by atoms with Crippen LogP contribution >= 0.6 is 0 Å². The van der Waals surface area contributed by atoms with Gasteiger partial charge in [-0.05, 0) is 48.9 Å². The number of hydrogen-bond donors (Lipinski definition) is 3. The van der Waals surface area contributed by atoms with Crippen molar-refractivity contribution in [3.05, 3.63) is 78.2 Å². The highest BCUT2D eigenvalue weighted by molar-refractivity contribution is 5.96. The van der Waals surface area contributed by atoms with Crippen LogP contribution in [0.25, 0.3) is 16.9 Å². The lowest BCUT2D eigenvalue weighted by molar-refractivity contribution is -0.117. The van der Waals surface area contributed by atoms with Gasteiger partial charge in [-0.1, -0.05) is 24.3 Å². The van der Waals surface area contributed by atoms with E-state index < -0.39 is 12.1 Å². The molecule has 2 aromatic carbocycles. The molecule has 0 aliphatic carbocycles. The van der Waals surface area contributed by atoms with Crippen LogP contribution in [0.5, 0.6) is 0 Å². The van der Waals surface area contributed by atoms with Gasteiger partial charge in [-0.25, -0.2) is 18.7 Å². The van der Waals surface area contributed by atoms with Crippen LogP contribution in [0.15, 0.2) is 66.9 Å². The number of amides is 2. The molecular weight excluding hydrogens is 451 g/mol. The number of carbonyl (C=O) groups is 2. The molecule has 9 nitrogen and oxygen atoms in total. The molecule has 5 rings (SSSR count). The lowest BCUT2D eigenvalue weighted by atomic mass is 10.1. The van der Waals surface area contributed by atoms with Crippen LogP contribution in [0.3, 0.4) is 0 Å². The summed E-state index contributed by atoms with van der Waals surface area (Å²) in [6, 6.07) is 16.9. The Kier molecular flexibility index (Phi) is 5.77. The van der Waals surface area contributed by atoms with Crippen molar-refractivity contribution in [2.24, 2.45) is 0 Å². The maximum absolute atomic E-state index is 13.6. The molecule has 0 saturated carbocycles. The standard InChI is InChI=1S/C25H23FN6O3/c1-15(17-3-2-4-18(26)11-17)28-22-9-10-23-27-13-21(32(23)30-22)16-5-7-20(8-6-16)31-14-19(12-24(31)33)29-25(34)35/h2-11,13,15,19,29H,12,14H2,1H3,(H,28,30)(H,34,35)/t15-,19+/m1/s1. The largest absolute Gasteiger partial charge is 0.465 e. The average Bonchev–Trinajstić information content (AvgIpc) is 3.41. The summed E-state index contributed by atoms with van der Waals surface area (Å²) in [7, 11) is 0. The summed E-state index contributed by atoms with van der Waals surface area (Å²) in [5, 5.41) is 19.2. The van der Waals surface area contributed by atoms with Gasteiger partial charge in [0.2, 0.25) is 5.91 Å². The number of anilines is 2. The Balaban J connectivity index is 1.36. The van der Waals surface area contributed by atoms with Crippen LogP contribution in [0.4, 0.5) is 20.7 Å². The average molecular weight is 474 g/mol. The van der Waals surface area contributed by atoms with Crippen molar-refractivity contribution in [3.63, 3.8) is 0 Å². The number of nitrogens with one attached hydrogen (secondary N) is 2. The summed E-state index contributed by atoms with van der Waals surface area (Å²) in [6.45, 7) is 2.23. The van der Waals surface area contributed by atoms with Crippen molar-refractivity contribution in [2.75, 3.05) is 16.8 Å². The summed E-state index contributed by atoms with van der Waals surface area (Å²) >= 11 is 0. The molecule has 35 heavy (non-hydrogen) atoms. The summed E-state index contributed by atoms with van der Waals surface area (Å²) in [4.78, 5) is 29.2. The first-order valence-electron chi connectivity index (χ1n) is 11.1. The van der Waals surface area contributed by atoms with Crippen molar-refractivity contribution < 1.29 is 19.1 Å². The number of rotatable bonds is 6. The highest BCUT2D eigenvalue weighted by Crippen LogP contribution is 2.27. The zero-order valence-corrected chi connectivity index (χ0v) is 18.9. The molecule has 3 N–H and O–H groups in total. The molecule has 2 amide bonds. The molecule has 2 aromatic heterocycles. The Hall–Kier alpha value is -4.47. The third-order valence-electron chi connectivity index (χ3n) is 6.00. The van der Waals surface area contributed by atoms with E-state index in [0.717, 1.165) is 16.8 Å². The molecule has 0 unspecified atom stereocenters. The first kappa shape index (κ1) is 22.3. The molecule has 0 spiro atoms. The number of nitrogens with zero attached hydrogens (tertiary/aromatic N) is 4. The topological polar surface area (TPSA) is 112 Å². The summed E-state index contributed by atoms with van der Waals surface area (Å²) in [5.74, 6) is 0.199. The Morgan fingerprint density at radius 2 is 1.97 bits per heavy atom. The minimum atomic E-state index is -1.14. The molecule has 3 heterocycles. The number of halogens is 1. The van der Waals surface area contributed by atoms with Crippen molar-refractivity contribution in [3.8, 4) is 11.3 Å². The second-order valence-corrected chi connectivity index (χ2v) is 8.45. The van der Waals surface area contributed by atoms with Crippen LogP contribution in [0.1, 0.15) is 24.9 Å². The minimum Gasteiger partial charge on any atom is -0.465 e. The van der Waals surface area contributed by atoms with E-state index in [4.69, 9.17) is 5.11 Å². The van der Waals surface area contributed by atoms with Gasteiger partial charge in [0.05, 0.1) is 24.0 Å². The van der Waals surface area contributed by atoms with Crippen molar-refractivity contribution in [1.82, 2.24) is 19.9 Å². The van der Waals surface area contributed by atoms with E-state index in [2.05, 4.69) is 20.7 Å². The van der Waals surface area contributed by atoms with Crippen LogP contribution < -0.4 is 15.5 Å². The van der Waals surface area contributed by atoms with Gasteiger partial charge in [0.15, 0.2) is 5.65 Å². The molecule has 4 aromatic rings. The molecule has 2 atom stereocenters. The second-order valence-electron chi connectivity index (χ2n) is 8.45. The molecule has 1 fully saturated rings. The normalized spacial score (nSPS) is 16.5. The number of carbonyl (C=O) groups excluding carboxylic acids is 1. The molecule has 10 heteroatoms. The zero-order valence-electron chi connectivity index (χ0n) is 18.9. The minimum absolute atomic E-state index is 0.129. The van der Waals surface area contributed by atoms with Gasteiger partial charge in [-0.2, -0.15) is 0 Å². The van der Waals surface area contributed by atoms with Gasteiger partial charge in [0, 0.05) is 24.2 Å². The lowest BCUT2D eigenvalue weighted by Crippen LogP contribution is -2.36. The highest BCUT2D eigenvalue weighted by atomic mass is 19.1. The maximum atomic E-state index is 13.6. The SMILES string of the molecule is C[C@@H](Nc1ccc2ncc(-c3ccc(N4C[C@@H](NC(=O)O)CC4=O)cc3)n2n1)c1cccc(F)c1. The van der Waals surface area contributed by atoms with E-state index in [0.29, 0.717) is 23.7 Å². The Morgan fingerprint density at radius 1 is 1.17 bits per heavy atom. The fourth-order valence-electron chi connectivity index (χ4n) is 4.27. The van der Waals surface area contributed by atoms with Crippen LogP contribution in [-0.4, -0.2) is 44.3 Å². The predicted octanol–water partition coefficient (Wildman–Crippen LogP) is 4.08. The number of fused-ring (bicyclic) bond motifs is 1. The Morgan fingerprint density at radius 3 is 2.71 bits per heavy atom. The fraction of sp³-hybridized carbons (Fsp3) is 0.200. The van der Waals surface area contributed by atoms with Crippen molar-refractivity contribution in [1.29, 1.82) is 0 Å². The molecule has 0 bridgehead atoms. The maximum Gasteiger partial charge on any atom is 0.404 e. The van der Waals surface area contributed by atoms with Crippen molar-refractivity contribution in [2.45, 2.75) is 25.4 Å². The van der Waals surface area contributed by atoms with Crippen molar-refractivity contribution >= 4 is 29.2 Å². The van der Waals surface area contributed by atoms with Gasteiger partial charge in [0.1, 0.15) is 11.6 Å². The van der Waals surface area contributed by atoms with Gasteiger partial charge in [-0.3, -0.25) is 4.79 Å². The molecular formula is C25H23FN6O3. The molecule has 1 saturated heterocycles. The summed E-state index contributed by atoms with van der Waals surface area (Å²) in [5.41, 5.74) is 3.81. The Labute approximate surface area is 200 Å². The number of hydrogen-bond acceptors (Lipinski definition) is 5. The highest BCUT2D eigenvalue weighted by Gasteiger charge is 2.31. The van der Waals surface area contributed by atoms with Gasteiger partial charge in [0.25, 0.3) is 0 Å². The van der Waals surface area contributed by atoms with E-state index in [-0.39, 0.29) is 24.2 Å². The van der Waals surface area contributed by atoms with Crippen LogP contribution in [0, 0.1) is 5.82 Å². The molecule has 0 radical (unpaired) electrons. The zero-order chi connectivity index (χ0) is 24.5. The van der Waals surface area contributed by atoms with Gasteiger partial charge < -0.3 is 20.6 Å². The smallest absolute Gasteiger partial charge is 0.404 e. The van der Waals surface area contributed by atoms with E-state index >= 15 is 0 Å². The van der Waals surface area contributed by atoms with Gasteiger partial charge >= 0.3 is 6.09 Å². The van der Waals surface area contributed by atoms with Gasteiger partial charge in [-0.15, -0.1) is 5.10 Å². The molecule has 1 aliphatic rings. The van der Waals surface area contributed by atoms with Crippen LogP contribution in [0.2, 0.25) is 0 Å². The third-order valence-corrected chi connectivity index (χ3v) is 6.00. The molecule has 1 aliphatic heterocycles. The number of benzene rings is 2. The fourth-order valence-corrected chi connectivity index (χ4v) is 4.27. The summed E-state index contributed by atoms with van der Waals surface area (Å²) in [6.07, 6.45) is 0.722. The predicted molar refractivity (Wildman–Crippen MR) is 129 cm³/mol. The van der Waals surface area contributed by atoms with Crippen LogP contribution in [-0.2, 0) is 4.79 Å². The second kappa shape index (κ2) is 9.05. The first-order valence-corrected chi connectivity index (χ1v) is 11.1. The monoisotopic (exact) mass is 474 g/mol. The van der Waals surface area contributed by atoms with E-state index in [9.17, 15) is 14.0 Å². The first-order chi connectivity index (χ1) is 16.9. The lowest BCUT2D eigenvalue weighted by Gasteiger charge is -2.17. The quantitative estimate of drug-likeness (QED) is 0.388. The number of imidazole rings is 1. The van der Waals surface area contributed by atoms with E-state index in [1.807, 2.05) is 49.4 Å². The summed E-state index contributed by atoms with van der Waals surface area (Å²) < 4.78 is 15.3. The third kappa shape index (κ3) is 4.63. The van der Waals surface area contributed by atoms with E-state index in [1.165, 1.54) is 12.1 Å². The number of carboxylic acid groups (broad SMARTS) is 1. The molecule has 178 valence electrons.